The van der Waals surface area contributed by atoms with Gasteiger partial charge in [0.25, 0.3) is 0 Å². The molecule has 3 nitrogen and oxygen atoms in total. The van der Waals surface area contributed by atoms with Crippen LogP contribution in [0.3, 0.4) is 0 Å². The predicted molar refractivity (Wildman–Crippen MR) is 177 cm³/mol. The van der Waals surface area contributed by atoms with Crippen molar-refractivity contribution in [2.24, 2.45) is 23.7 Å². The summed E-state index contributed by atoms with van der Waals surface area (Å²) in [5.41, 5.74) is 8.17. The summed E-state index contributed by atoms with van der Waals surface area (Å²) in [4.78, 5) is 0. The molecule has 4 atom stereocenters. The van der Waals surface area contributed by atoms with Crippen LogP contribution in [0, 0.1) is 31.1 Å². The summed E-state index contributed by atoms with van der Waals surface area (Å²) in [5, 5.41) is 5.05. The molecule has 0 amide bonds. The molecule has 0 spiro atoms. The number of ether oxygens (including phenoxy) is 1. The number of methoxy groups -OCH3 is 1. The molecule has 1 unspecified atom stereocenters. The van der Waals surface area contributed by atoms with Gasteiger partial charge >= 0.3 is 35.6 Å². The van der Waals surface area contributed by atoms with Crippen LogP contribution in [0.5, 0.6) is 5.75 Å². The molecule has 6 rings (SSSR count). The molecule has 0 radical (unpaired) electrons. The van der Waals surface area contributed by atoms with Gasteiger partial charge < -0.3 is 22.0 Å². The van der Waals surface area contributed by atoms with Crippen molar-refractivity contribution in [3.8, 4) is 5.75 Å². The van der Waals surface area contributed by atoms with Crippen LogP contribution in [-0.2, 0) is 17.0 Å². The molecule has 7 heteroatoms. The molecule has 0 bridgehead atoms. The van der Waals surface area contributed by atoms with Gasteiger partial charge in [0.15, 0.2) is 8.24 Å². The molecule has 0 aromatic heterocycles. The molecule has 0 saturated heterocycles. The van der Waals surface area contributed by atoms with E-state index in [0.717, 1.165) is 17.1 Å². The molecule has 1 fully saturated rings. The predicted octanol–water partition coefficient (Wildman–Crippen LogP) is 11.4. The van der Waals surface area contributed by atoms with E-state index in [4.69, 9.17) is 28.7 Å². The number of halogens is 2. The van der Waals surface area contributed by atoms with Crippen molar-refractivity contribution in [2.75, 3.05) is 11.7 Å². The van der Waals surface area contributed by atoms with Crippen LogP contribution in [0.25, 0.3) is 10.9 Å². The van der Waals surface area contributed by atoms with Crippen molar-refractivity contribution in [3.63, 3.8) is 0 Å². The van der Waals surface area contributed by atoms with E-state index in [1.807, 2.05) is 0 Å². The topological polar surface area (TPSA) is 26.6 Å². The summed E-state index contributed by atoms with van der Waals surface area (Å²) < 4.78 is 8.18. The fourth-order valence-corrected chi connectivity index (χ4v) is 12.2. The van der Waals surface area contributed by atoms with Gasteiger partial charge in [-0.2, -0.15) is 0 Å². The number of anilines is 2. The first kappa shape index (κ1) is 32.0. The van der Waals surface area contributed by atoms with Crippen LogP contribution in [0.15, 0.2) is 91.0 Å². The average Bonchev–Trinajstić information content (AvgIpc) is 3.38. The molecular formula is C34H40Cl2N2OSiTi-2. The molecule has 1 aliphatic heterocycles. The van der Waals surface area contributed by atoms with E-state index in [0.29, 0.717) is 29.2 Å². The monoisotopic (exact) mass is 638 g/mol. The zero-order valence-corrected chi connectivity index (χ0v) is 28.9. The Balaban J connectivity index is 0.000000929. The van der Waals surface area contributed by atoms with E-state index in [-0.39, 0.29) is 7.43 Å². The van der Waals surface area contributed by atoms with Crippen molar-refractivity contribution >= 4 is 55.2 Å². The summed E-state index contributed by atoms with van der Waals surface area (Å²) in [5.74, 6) is 3.29. The first-order chi connectivity index (χ1) is 19.3. The van der Waals surface area contributed by atoms with E-state index in [9.17, 15) is 0 Å². The first-order valence-electron chi connectivity index (χ1n) is 14.0. The number of hydrogen-bond donors (Lipinski definition) is 0. The fourth-order valence-electron chi connectivity index (χ4n) is 7.43. The van der Waals surface area contributed by atoms with Crippen molar-refractivity contribution in [3.05, 3.63) is 109 Å². The number of fused-ring (bicyclic) bond motifs is 3. The number of benzene rings is 3. The molecule has 3 aromatic rings. The van der Waals surface area contributed by atoms with Crippen LogP contribution in [0.2, 0.25) is 18.6 Å². The Hall–Kier alpha value is -1.95. The zero-order valence-electron chi connectivity index (χ0n) is 24.8. The molecular weight excluding hydrogens is 599 g/mol. The van der Waals surface area contributed by atoms with Gasteiger partial charge in [-0.25, -0.2) is 0 Å². The van der Waals surface area contributed by atoms with Gasteiger partial charge in [0.2, 0.25) is 0 Å². The average molecular weight is 640 g/mol. The summed E-state index contributed by atoms with van der Waals surface area (Å²) in [6.45, 7) is 10.1. The summed E-state index contributed by atoms with van der Waals surface area (Å²) in [6, 6.07) is 26.1. The van der Waals surface area contributed by atoms with Crippen LogP contribution < -0.4 is 9.30 Å². The normalized spacial score (nSPS) is 22.1. The first-order valence-corrected chi connectivity index (χ1v) is 21.3. The molecule has 2 aliphatic carbocycles. The summed E-state index contributed by atoms with van der Waals surface area (Å²) in [6.07, 6.45) is 8.47. The van der Waals surface area contributed by atoms with Gasteiger partial charge in [0, 0.05) is 11.4 Å². The molecule has 3 aliphatic rings. The van der Waals surface area contributed by atoms with Gasteiger partial charge in [-0.1, -0.05) is 93.7 Å². The second-order valence-electron chi connectivity index (χ2n) is 11.7. The van der Waals surface area contributed by atoms with Crippen LogP contribution in [-0.4, -0.2) is 15.3 Å². The molecule has 3 aromatic carbocycles. The third-order valence-corrected chi connectivity index (χ3v) is 13.1. The van der Waals surface area contributed by atoms with Gasteiger partial charge in [0.1, 0.15) is 5.75 Å². The number of allylic oxidation sites excluding steroid dienone is 4. The minimum absolute atomic E-state index is 0. The Morgan fingerprint density at radius 1 is 0.927 bits per heavy atom. The van der Waals surface area contributed by atoms with Gasteiger partial charge in [0.05, 0.1) is 7.11 Å². The van der Waals surface area contributed by atoms with Crippen LogP contribution in [0.4, 0.5) is 22.7 Å². The Bertz CT molecular complexity index is 1350. The maximum atomic E-state index is 5.44. The number of para-hydroxylation sites is 4. The number of hydrogen-bond acceptors (Lipinski definition) is 2. The third-order valence-electron chi connectivity index (χ3n) is 9.03. The van der Waals surface area contributed by atoms with Crippen molar-refractivity contribution in [1.82, 2.24) is 0 Å². The van der Waals surface area contributed by atoms with Crippen LogP contribution >= 0.6 is 18.6 Å². The van der Waals surface area contributed by atoms with Gasteiger partial charge in [-0.3, -0.25) is 0 Å². The summed E-state index contributed by atoms with van der Waals surface area (Å²) in [7, 11) is 9.44. The standard InChI is InChI=1S/C33H37N2OSi.CH3.2ClH.Ti/c1-22(2)27-21-28-25(23-17-19-24(36-3)20-18-23)11-10-12-26(28)33(27)37(4,5)35-31-15-8-6-13-29(31)34-30-14-7-9-16-32(30)35;;;;/h6-20,22,26-28,33H,21H2,1-5H3;1H3;2*1H;/q2*-1;;;+2/p-2/t26-,27-,28+,33?;;;;/m0..../s1. The fraction of sp³-hybridized carbons (Fsp3) is 0.324. The van der Waals surface area contributed by atoms with E-state index < -0.39 is 25.3 Å². The van der Waals surface area contributed by atoms with E-state index in [1.165, 1.54) is 28.9 Å². The third kappa shape index (κ3) is 6.10. The molecule has 41 heavy (non-hydrogen) atoms. The Morgan fingerprint density at radius 2 is 1.49 bits per heavy atom. The van der Waals surface area contributed by atoms with Crippen molar-refractivity contribution < 1.29 is 21.8 Å². The molecule has 0 N–H and O–H groups in total. The van der Waals surface area contributed by atoms with Gasteiger partial charge in [-0.15, -0.1) is 11.4 Å². The Morgan fingerprint density at radius 3 is 2.02 bits per heavy atom. The molecule has 1 heterocycles. The zero-order chi connectivity index (χ0) is 28.4. The summed E-state index contributed by atoms with van der Waals surface area (Å²) >= 11 is -0.556. The van der Waals surface area contributed by atoms with Crippen molar-refractivity contribution in [2.45, 2.75) is 38.9 Å². The molecule has 1 saturated carbocycles. The SMILES string of the molecule is COc1ccc(C2=CC=C[C@@H]3C([Si](C)(C)N4c5ccccc5[N-]c5ccccc54)[C@H](C(C)C)C[C@H]23)cc1.[CH3-].[Cl][Ti][Cl]. The maximum absolute atomic E-state index is 5.44. The second-order valence-corrected chi connectivity index (χ2v) is 18.7. The number of nitrogens with zero attached hydrogens (tertiary/aromatic N) is 2. The second kappa shape index (κ2) is 13.6. The Kier molecular flexibility index (Phi) is 10.6. The minimum atomic E-state index is -2.08. The van der Waals surface area contributed by atoms with E-state index in [2.05, 4.69) is 123 Å². The van der Waals surface area contributed by atoms with E-state index >= 15 is 0 Å². The quantitative estimate of drug-likeness (QED) is 0.205. The number of rotatable bonds is 5. The van der Waals surface area contributed by atoms with E-state index in [1.54, 1.807) is 7.11 Å². The Labute approximate surface area is 264 Å². The molecule has 216 valence electrons. The van der Waals surface area contributed by atoms with Gasteiger partial charge in [-0.05, 0) is 71.0 Å². The van der Waals surface area contributed by atoms with Crippen molar-refractivity contribution in [1.29, 1.82) is 0 Å². The van der Waals surface area contributed by atoms with Crippen LogP contribution in [0.1, 0.15) is 25.8 Å².